The maximum Gasteiger partial charge on any atom is 0.239 e. The van der Waals surface area contributed by atoms with E-state index in [1.807, 2.05) is 0 Å². The van der Waals surface area contributed by atoms with Crippen molar-refractivity contribution in [2.24, 2.45) is 29.1 Å². The lowest BCUT2D eigenvalue weighted by Gasteiger charge is -2.36. The van der Waals surface area contributed by atoms with Crippen LogP contribution in [0.1, 0.15) is 176 Å². The van der Waals surface area contributed by atoms with Gasteiger partial charge in [-0.15, -0.1) is 0 Å². The molecule has 0 heterocycles. The van der Waals surface area contributed by atoms with E-state index in [-0.39, 0.29) is 125 Å². The third kappa shape index (κ3) is 24.7. The fourth-order valence-electron chi connectivity index (χ4n) is 13.7. The van der Waals surface area contributed by atoms with Crippen molar-refractivity contribution in [3.05, 3.63) is 143 Å². The van der Waals surface area contributed by atoms with Crippen molar-refractivity contribution in [1.29, 1.82) is 0 Å². The second kappa shape index (κ2) is 36.7. The smallest absolute Gasteiger partial charge is 0.239 e. The Morgan fingerprint density at radius 3 is 0.667 bits per heavy atom. The van der Waals surface area contributed by atoms with Gasteiger partial charge in [0.1, 0.15) is 23.3 Å². The van der Waals surface area contributed by atoms with E-state index in [0.29, 0.717) is 22.3 Å². The molecule has 4 saturated carbocycles. The van der Waals surface area contributed by atoms with Crippen LogP contribution in [-0.2, 0) is 64.5 Å². The van der Waals surface area contributed by atoms with Crippen LogP contribution >= 0.6 is 0 Å². The number of halogens is 4. The number of amides is 8. The van der Waals surface area contributed by atoms with Crippen LogP contribution in [0.2, 0.25) is 0 Å². The molecule has 0 atom stereocenters. The summed E-state index contributed by atoms with van der Waals surface area (Å²) in [5.74, 6) is -4.99. The number of nitrogens with zero attached hydrogens (tertiary/aromatic N) is 4. The Morgan fingerprint density at radius 2 is 0.484 bits per heavy atom. The number of carbonyl (C=O) groups excluding carboxylic acids is 8. The molecule has 0 aromatic heterocycles. The highest BCUT2D eigenvalue weighted by atomic mass is 19.1. The fourth-order valence-corrected chi connectivity index (χ4v) is 13.7. The van der Waals surface area contributed by atoms with Crippen LogP contribution < -0.4 is 21.3 Å². The van der Waals surface area contributed by atoms with Gasteiger partial charge in [0.15, 0.2) is 0 Å². The van der Waals surface area contributed by atoms with Gasteiger partial charge < -0.3 is 40.9 Å². The molecule has 4 aromatic carbocycles. The molecule has 0 aliphatic heterocycles. The molecule has 16 nitrogen and oxygen atoms in total. The average molecular weight is 1290 g/mol. The summed E-state index contributed by atoms with van der Waals surface area (Å²) in [7, 11) is 0. The Bertz CT molecular complexity index is 2650. The number of rotatable bonds is 32. The van der Waals surface area contributed by atoms with Crippen LogP contribution in [0.5, 0.6) is 0 Å². The summed E-state index contributed by atoms with van der Waals surface area (Å²) in [5, 5.41) is 11.9. The molecule has 93 heavy (non-hydrogen) atoms. The van der Waals surface area contributed by atoms with E-state index in [2.05, 4.69) is 21.3 Å². The zero-order chi connectivity index (χ0) is 66.0. The van der Waals surface area contributed by atoms with Crippen molar-refractivity contribution in [2.45, 2.75) is 180 Å². The molecule has 8 rings (SSSR count). The second-order valence-corrected chi connectivity index (χ2v) is 26.9. The summed E-state index contributed by atoms with van der Waals surface area (Å²) >= 11 is 0. The molecule has 4 aliphatic carbocycles. The minimum Gasteiger partial charge on any atom is -0.354 e. The lowest BCUT2D eigenvalue weighted by Crippen LogP contribution is -2.59. The molecular formula is C73H96F4N8O8. The monoisotopic (exact) mass is 1290 g/mol. The molecule has 0 unspecified atom stereocenters. The van der Waals surface area contributed by atoms with Crippen molar-refractivity contribution in [1.82, 2.24) is 40.9 Å². The van der Waals surface area contributed by atoms with E-state index in [0.717, 1.165) is 128 Å². The van der Waals surface area contributed by atoms with Crippen molar-refractivity contribution < 1.29 is 55.9 Å². The first-order valence-electron chi connectivity index (χ1n) is 34.1. The predicted molar refractivity (Wildman–Crippen MR) is 347 cm³/mol. The molecule has 0 spiro atoms. The molecule has 504 valence electrons. The molecular weight excluding hydrogens is 1190 g/mol. The van der Waals surface area contributed by atoms with Gasteiger partial charge in [0, 0.05) is 83.5 Å². The van der Waals surface area contributed by atoms with Gasteiger partial charge in [-0.05, 0) is 146 Å². The number of carbonyl (C=O) groups is 8. The largest absolute Gasteiger partial charge is 0.354 e. The lowest BCUT2D eigenvalue weighted by atomic mass is 9.86. The first-order valence-corrected chi connectivity index (χ1v) is 34.1. The Hall–Kier alpha value is -7.64. The molecule has 4 fully saturated rings. The zero-order valence-corrected chi connectivity index (χ0v) is 54.1. The highest BCUT2D eigenvalue weighted by Gasteiger charge is 2.36. The quantitative estimate of drug-likeness (QED) is 0.0346. The normalized spacial score (nSPS) is 16.0. The van der Waals surface area contributed by atoms with E-state index in [4.69, 9.17) is 0 Å². The van der Waals surface area contributed by atoms with Crippen LogP contribution in [-0.4, -0.2) is 119 Å². The number of hydrogen-bond acceptors (Lipinski definition) is 8. The van der Waals surface area contributed by atoms with Gasteiger partial charge in [0.25, 0.3) is 0 Å². The SMILES string of the molecule is O=C(CN(Cc1ccc(F)cc1)C(=O)CC1CCCCC1)NCC(CNC(=O)CN(Cc1ccc(F)cc1)C(=O)CC1CCCCC1)(CNC(=O)CN(Cc1ccc(F)cc1)C(=O)CC1CCCCC1)CNC(=O)CN(Cc1ccc(F)cc1)C(=O)CC1CCCCC1. The van der Waals surface area contributed by atoms with Gasteiger partial charge in [-0.25, -0.2) is 17.6 Å². The standard InChI is InChI=1S/C73H96F4N8O8/c74-61-29-21-57(22-30-61)41-82(69(90)37-53-13-5-1-6-14-53)45-65(86)78-49-73(50-79-66(87)46-83(42-58-23-31-62(75)32-24-58)70(91)38-54-15-7-2-8-16-54,51-80-67(88)47-84(43-59-25-33-63(76)34-26-59)71(92)39-55-17-9-3-10-18-55)52-81-68(89)48-85(44-60-27-35-64(77)36-28-60)72(93)40-56-19-11-4-12-20-56/h21-36,53-56H,1-20,37-52H2,(H,78,86)(H,79,87)(H,80,88)(H,81,89). The third-order valence-electron chi connectivity index (χ3n) is 19.3. The highest BCUT2D eigenvalue weighted by molar-refractivity contribution is 5.88. The summed E-state index contributed by atoms with van der Waals surface area (Å²) in [5.41, 5.74) is 0.813. The fraction of sp³-hybridized carbons (Fsp3) is 0.562. The lowest BCUT2D eigenvalue weighted by molar-refractivity contribution is -0.138. The van der Waals surface area contributed by atoms with Crippen LogP contribution in [0.4, 0.5) is 17.6 Å². The minimum atomic E-state index is -1.54. The molecule has 8 amide bonds. The summed E-state index contributed by atoms with van der Waals surface area (Å²) < 4.78 is 56.8. The summed E-state index contributed by atoms with van der Waals surface area (Å²) in [4.78, 5) is 121. The maximum absolute atomic E-state index is 14.7. The van der Waals surface area contributed by atoms with Gasteiger partial charge in [-0.2, -0.15) is 0 Å². The van der Waals surface area contributed by atoms with E-state index in [1.165, 1.54) is 68.1 Å². The molecule has 4 aromatic rings. The molecule has 4 N–H and O–H groups in total. The van der Waals surface area contributed by atoms with Crippen molar-refractivity contribution in [3.63, 3.8) is 0 Å². The zero-order valence-electron chi connectivity index (χ0n) is 54.1. The number of hydrogen-bond donors (Lipinski definition) is 4. The number of nitrogens with one attached hydrogen (secondary N) is 4. The third-order valence-corrected chi connectivity index (χ3v) is 19.3. The first kappa shape index (κ1) is 71.2. The topological polar surface area (TPSA) is 198 Å². The molecule has 0 saturated heterocycles. The Morgan fingerprint density at radius 1 is 0.301 bits per heavy atom. The predicted octanol–water partition coefficient (Wildman–Crippen LogP) is 11.0. The maximum atomic E-state index is 14.7. The van der Waals surface area contributed by atoms with Gasteiger partial charge in [-0.1, -0.05) is 126 Å². The Balaban J connectivity index is 1.10. The Labute approximate surface area is 546 Å². The highest BCUT2D eigenvalue weighted by Crippen LogP contribution is 2.31. The van der Waals surface area contributed by atoms with Gasteiger partial charge in [-0.3, -0.25) is 38.4 Å². The first-order chi connectivity index (χ1) is 44.9. The van der Waals surface area contributed by atoms with Crippen molar-refractivity contribution in [3.8, 4) is 0 Å². The van der Waals surface area contributed by atoms with Crippen molar-refractivity contribution in [2.75, 3.05) is 52.4 Å². The average Bonchev–Trinajstić information content (AvgIpc) is 1.63. The second-order valence-electron chi connectivity index (χ2n) is 26.9. The molecule has 0 radical (unpaired) electrons. The van der Waals surface area contributed by atoms with Crippen LogP contribution in [0.3, 0.4) is 0 Å². The summed E-state index contributed by atoms with van der Waals surface area (Å²) in [6.07, 6.45) is 19.9. The van der Waals surface area contributed by atoms with E-state index in [1.54, 1.807) is 48.5 Å². The van der Waals surface area contributed by atoms with Gasteiger partial charge >= 0.3 is 0 Å². The minimum absolute atomic E-state index is 0.0117. The Kier molecular flexibility index (Phi) is 28.1. The summed E-state index contributed by atoms with van der Waals surface area (Å²) in [6.45, 7) is -3.21. The molecule has 4 aliphatic rings. The van der Waals surface area contributed by atoms with E-state index < -0.39 is 78.5 Å². The van der Waals surface area contributed by atoms with Gasteiger partial charge in [0.2, 0.25) is 47.3 Å². The van der Waals surface area contributed by atoms with Crippen LogP contribution in [0.15, 0.2) is 97.1 Å². The van der Waals surface area contributed by atoms with Crippen LogP contribution in [0.25, 0.3) is 0 Å². The number of benzene rings is 4. The summed E-state index contributed by atoms with van der Waals surface area (Å²) in [6, 6.07) is 22.6. The van der Waals surface area contributed by atoms with Crippen molar-refractivity contribution >= 4 is 47.3 Å². The van der Waals surface area contributed by atoms with Crippen LogP contribution in [0, 0.1) is 52.4 Å². The van der Waals surface area contributed by atoms with Gasteiger partial charge in [0.05, 0.1) is 26.2 Å². The molecule has 0 bridgehead atoms. The molecule has 20 heteroatoms. The van der Waals surface area contributed by atoms with E-state index in [9.17, 15) is 55.9 Å². The van der Waals surface area contributed by atoms with E-state index >= 15 is 0 Å².